The van der Waals surface area contributed by atoms with Crippen LogP contribution in [0.3, 0.4) is 0 Å². The number of para-hydroxylation sites is 1. The monoisotopic (exact) mass is 361 g/mol. The summed E-state index contributed by atoms with van der Waals surface area (Å²) in [6.07, 6.45) is 1.61. The Morgan fingerprint density at radius 1 is 1.00 bits per heavy atom. The van der Waals surface area contributed by atoms with Gasteiger partial charge >= 0.3 is 0 Å². The zero-order valence-electron chi connectivity index (χ0n) is 15.5. The number of hydrogen-bond acceptors (Lipinski definition) is 4. The lowest BCUT2D eigenvalue weighted by molar-refractivity contribution is 0.0939. The van der Waals surface area contributed by atoms with Gasteiger partial charge in [0.05, 0.1) is 6.04 Å². The molecule has 5 heteroatoms. The van der Waals surface area contributed by atoms with Crippen LogP contribution in [-0.4, -0.2) is 36.4 Å². The van der Waals surface area contributed by atoms with E-state index in [9.17, 15) is 4.79 Å². The number of aromatic nitrogens is 1. The Morgan fingerprint density at radius 2 is 1.67 bits per heavy atom. The molecule has 0 saturated carbocycles. The lowest BCUT2D eigenvalue weighted by Crippen LogP contribution is -2.34. The summed E-state index contributed by atoms with van der Waals surface area (Å²) in [6.45, 7) is 0.482. The summed E-state index contributed by atoms with van der Waals surface area (Å²) < 4.78 is 5.79. The number of ether oxygens (including phenoxy) is 1. The predicted molar refractivity (Wildman–Crippen MR) is 106 cm³/mol. The molecule has 1 unspecified atom stereocenters. The Kier molecular flexibility index (Phi) is 6.18. The van der Waals surface area contributed by atoms with Crippen molar-refractivity contribution in [2.75, 3.05) is 20.6 Å². The number of benzene rings is 2. The van der Waals surface area contributed by atoms with Crippen LogP contribution in [0.25, 0.3) is 0 Å². The van der Waals surface area contributed by atoms with E-state index in [2.05, 4.69) is 27.3 Å². The van der Waals surface area contributed by atoms with E-state index >= 15 is 0 Å². The van der Waals surface area contributed by atoms with Gasteiger partial charge in [-0.25, -0.2) is 4.98 Å². The van der Waals surface area contributed by atoms with Crippen molar-refractivity contribution < 1.29 is 9.53 Å². The lowest BCUT2D eigenvalue weighted by Gasteiger charge is -2.25. The van der Waals surface area contributed by atoms with Crippen molar-refractivity contribution in [2.45, 2.75) is 6.04 Å². The summed E-state index contributed by atoms with van der Waals surface area (Å²) in [5.74, 6) is 0.722. The number of pyridine rings is 1. The molecule has 3 aromatic rings. The summed E-state index contributed by atoms with van der Waals surface area (Å²) in [5, 5.41) is 3.00. The molecule has 5 nitrogen and oxygen atoms in total. The summed E-state index contributed by atoms with van der Waals surface area (Å²) >= 11 is 0. The molecule has 2 aromatic carbocycles. The lowest BCUT2D eigenvalue weighted by atomic mass is 10.1. The van der Waals surface area contributed by atoms with Gasteiger partial charge < -0.3 is 15.0 Å². The fraction of sp³-hybridized carbons (Fsp3) is 0.182. The maximum atomic E-state index is 12.8. The summed E-state index contributed by atoms with van der Waals surface area (Å²) in [4.78, 5) is 19.1. The number of carbonyl (C=O) groups is 1. The minimum atomic E-state index is -0.211. The van der Waals surface area contributed by atoms with Gasteiger partial charge in [0.1, 0.15) is 11.3 Å². The van der Waals surface area contributed by atoms with Crippen molar-refractivity contribution in [3.63, 3.8) is 0 Å². The SMILES string of the molecule is CN(C)C(CNC(=O)c1cccnc1Oc1ccccc1)c1ccccc1. The summed E-state index contributed by atoms with van der Waals surface area (Å²) in [6, 6.07) is 22.9. The second kappa shape index (κ2) is 8.96. The number of hydrogen-bond donors (Lipinski definition) is 1. The number of carbonyl (C=O) groups excluding carboxylic acids is 1. The number of nitrogens with zero attached hydrogens (tertiary/aromatic N) is 2. The Morgan fingerprint density at radius 3 is 2.33 bits per heavy atom. The van der Waals surface area contributed by atoms with Crippen molar-refractivity contribution in [2.24, 2.45) is 0 Å². The molecule has 1 heterocycles. The van der Waals surface area contributed by atoms with E-state index in [0.29, 0.717) is 23.7 Å². The second-order valence-electron chi connectivity index (χ2n) is 6.37. The molecule has 1 aromatic heterocycles. The average molecular weight is 361 g/mol. The second-order valence-corrected chi connectivity index (χ2v) is 6.37. The van der Waals surface area contributed by atoms with E-state index in [-0.39, 0.29) is 11.9 Å². The number of rotatable bonds is 7. The van der Waals surface area contributed by atoms with Crippen LogP contribution in [-0.2, 0) is 0 Å². The van der Waals surface area contributed by atoms with Crippen LogP contribution in [0.5, 0.6) is 11.6 Å². The van der Waals surface area contributed by atoms with Crippen LogP contribution in [0.1, 0.15) is 22.0 Å². The minimum Gasteiger partial charge on any atom is -0.438 e. The molecule has 0 aliphatic carbocycles. The van der Waals surface area contributed by atoms with Gasteiger partial charge in [-0.05, 0) is 43.9 Å². The fourth-order valence-electron chi connectivity index (χ4n) is 2.80. The van der Waals surface area contributed by atoms with E-state index < -0.39 is 0 Å². The van der Waals surface area contributed by atoms with Gasteiger partial charge in [-0.15, -0.1) is 0 Å². The number of likely N-dealkylation sites (N-methyl/N-ethyl adjacent to an activating group) is 1. The van der Waals surface area contributed by atoms with Gasteiger partial charge in [0, 0.05) is 12.7 Å². The molecule has 0 bridgehead atoms. The van der Waals surface area contributed by atoms with Crippen LogP contribution in [0.2, 0.25) is 0 Å². The Balaban J connectivity index is 1.72. The molecule has 3 rings (SSSR count). The minimum absolute atomic E-state index is 0.0744. The van der Waals surface area contributed by atoms with Crippen molar-refractivity contribution in [3.05, 3.63) is 90.1 Å². The molecule has 1 N–H and O–H groups in total. The van der Waals surface area contributed by atoms with E-state index in [0.717, 1.165) is 5.56 Å². The van der Waals surface area contributed by atoms with Gasteiger partial charge in [-0.1, -0.05) is 48.5 Å². The first-order chi connectivity index (χ1) is 13.1. The Hall–Kier alpha value is -3.18. The smallest absolute Gasteiger partial charge is 0.256 e. The average Bonchev–Trinajstić information content (AvgIpc) is 2.70. The third-order valence-corrected chi connectivity index (χ3v) is 4.24. The molecule has 138 valence electrons. The van der Waals surface area contributed by atoms with Crippen molar-refractivity contribution in [1.82, 2.24) is 15.2 Å². The van der Waals surface area contributed by atoms with Crippen LogP contribution in [0.15, 0.2) is 79.0 Å². The molecule has 1 atom stereocenters. The van der Waals surface area contributed by atoms with Crippen LogP contribution >= 0.6 is 0 Å². The molecule has 0 spiro atoms. The molecule has 0 saturated heterocycles. The molecular weight excluding hydrogens is 338 g/mol. The van der Waals surface area contributed by atoms with Gasteiger partial charge in [-0.2, -0.15) is 0 Å². The normalized spacial score (nSPS) is 11.8. The third kappa shape index (κ3) is 4.92. The van der Waals surface area contributed by atoms with Gasteiger partial charge in [-0.3, -0.25) is 4.79 Å². The summed E-state index contributed by atoms with van der Waals surface area (Å²) in [7, 11) is 4.00. The molecule has 0 aliphatic heterocycles. The molecule has 0 fully saturated rings. The summed E-state index contributed by atoms with van der Waals surface area (Å²) in [5.41, 5.74) is 1.56. The van der Waals surface area contributed by atoms with Crippen molar-refractivity contribution >= 4 is 5.91 Å². The maximum absolute atomic E-state index is 12.8. The molecule has 0 aliphatic rings. The Bertz CT molecular complexity index is 867. The van der Waals surface area contributed by atoms with E-state index in [4.69, 9.17) is 4.74 Å². The van der Waals surface area contributed by atoms with E-state index in [1.807, 2.05) is 62.6 Å². The first-order valence-corrected chi connectivity index (χ1v) is 8.82. The first kappa shape index (κ1) is 18.6. The number of amides is 1. The van der Waals surface area contributed by atoms with Gasteiger partial charge in [0.25, 0.3) is 5.91 Å². The number of nitrogens with one attached hydrogen (secondary N) is 1. The standard InChI is InChI=1S/C22H23N3O2/c1-25(2)20(17-10-5-3-6-11-17)16-24-21(26)19-14-9-15-23-22(19)27-18-12-7-4-8-13-18/h3-15,20H,16H2,1-2H3,(H,24,26). The molecule has 0 radical (unpaired) electrons. The van der Waals surface area contributed by atoms with Crippen molar-refractivity contribution in [3.8, 4) is 11.6 Å². The quantitative estimate of drug-likeness (QED) is 0.693. The first-order valence-electron chi connectivity index (χ1n) is 8.82. The zero-order chi connectivity index (χ0) is 19.1. The predicted octanol–water partition coefficient (Wildman–Crippen LogP) is 3.91. The highest BCUT2D eigenvalue weighted by molar-refractivity contribution is 5.96. The largest absolute Gasteiger partial charge is 0.438 e. The topological polar surface area (TPSA) is 54.5 Å². The Labute approximate surface area is 159 Å². The van der Waals surface area contributed by atoms with E-state index in [1.165, 1.54) is 0 Å². The van der Waals surface area contributed by atoms with Crippen LogP contribution in [0, 0.1) is 0 Å². The highest BCUT2D eigenvalue weighted by Gasteiger charge is 2.18. The van der Waals surface area contributed by atoms with Gasteiger partial charge in [0.15, 0.2) is 0 Å². The van der Waals surface area contributed by atoms with Crippen molar-refractivity contribution in [1.29, 1.82) is 0 Å². The van der Waals surface area contributed by atoms with Gasteiger partial charge in [0.2, 0.25) is 5.88 Å². The fourth-order valence-corrected chi connectivity index (χ4v) is 2.80. The highest BCUT2D eigenvalue weighted by Crippen LogP contribution is 2.23. The zero-order valence-corrected chi connectivity index (χ0v) is 15.5. The van der Waals surface area contributed by atoms with Crippen LogP contribution in [0.4, 0.5) is 0 Å². The van der Waals surface area contributed by atoms with E-state index in [1.54, 1.807) is 18.3 Å². The molecule has 1 amide bonds. The highest BCUT2D eigenvalue weighted by atomic mass is 16.5. The molecule has 27 heavy (non-hydrogen) atoms. The van der Waals surface area contributed by atoms with Crippen LogP contribution < -0.4 is 10.1 Å². The maximum Gasteiger partial charge on any atom is 0.256 e. The molecular formula is C22H23N3O2. The third-order valence-electron chi connectivity index (χ3n) is 4.24.